The molecule has 0 fully saturated rings. The molecule has 0 radical (unpaired) electrons. The number of guanidine groups is 1. The van der Waals surface area contributed by atoms with Gasteiger partial charge in [-0.15, -0.1) is 0 Å². The molecule has 1 atom stereocenters. The number of nitrogens with one attached hydrogen (secondary N) is 2. The number of nitrogens with zero attached hydrogens (tertiary/aromatic N) is 1. The van der Waals surface area contributed by atoms with Gasteiger partial charge in [-0.25, -0.2) is 4.99 Å². The highest BCUT2D eigenvalue weighted by Crippen LogP contribution is 2.21. The SMILES string of the molecule is CC[C@@]1(C)N=C(Nc2ccc(OC)cc2)NC1=O. The predicted molar refractivity (Wildman–Crippen MR) is 70.9 cm³/mol. The Hall–Kier alpha value is -2.04. The largest absolute Gasteiger partial charge is 0.497 e. The fourth-order valence-corrected chi connectivity index (χ4v) is 1.68. The van der Waals surface area contributed by atoms with Crippen LogP contribution in [0.1, 0.15) is 20.3 Å². The lowest BCUT2D eigenvalue weighted by Crippen LogP contribution is -2.37. The topological polar surface area (TPSA) is 62.7 Å². The monoisotopic (exact) mass is 247 g/mol. The number of benzene rings is 1. The van der Waals surface area contributed by atoms with Crippen LogP contribution in [0.25, 0.3) is 0 Å². The van der Waals surface area contributed by atoms with E-state index in [1.165, 1.54) is 0 Å². The maximum Gasteiger partial charge on any atom is 0.254 e. The Balaban J connectivity index is 2.10. The van der Waals surface area contributed by atoms with Gasteiger partial charge in [0.05, 0.1) is 7.11 Å². The number of aliphatic imine (C=N–C) groups is 1. The second kappa shape index (κ2) is 4.68. The maximum absolute atomic E-state index is 11.7. The smallest absolute Gasteiger partial charge is 0.254 e. The molecule has 5 nitrogen and oxygen atoms in total. The van der Waals surface area contributed by atoms with Crippen LogP contribution in [-0.4, -0.2) is 24.5 Å². The van der Waals surface area contributed by atoms with E-state index in [1.54, 1.807) is 7.11 Å². The van der Waals surface area contributed by atoms with Gasteiger partial charge in [-0.3, -0.25) is 10.1 Å². The highest BCUT2D eigenvalue weighted by atomic mass is 16.5. The fourth-order valence-electron chi connectivity index (χ4n) is 1.68. The molecule has 1 aliphatic heterocycles. The number of hydrogen-bond acceptors (Lipinski definition) is 4. The summed E-state index contributed by atoms with van der Waals surface area (Å²) in [5.74, 6) is 1.21. The summed E-state index contributed by atoms with van der Waals surface area (Å²) in [6, 6.07) is 7.43. The van der Waals surface area contributed by atoms with Crippen LogP contribution >= 0.6 is 0 Å². The van der Waals surface area contributed by atoms with Gasteiger partial charge in [0.1, 0.15) is 11.3 Å². The van der Waals surface area contributed by atoms with Crippen molar-refractivity contribution in [2.45, 2.75) is 25.8 Å². The predicted octanol–water partition coefficient (Wildman–Crippen LogP) is 1.76. The zero-order valence-electron chi connectivity index (χ0n) is 10.8. The first-order chi connectivity index (χ1) is 8.57. The summed E-state index contributed by atoms with van der Waals surface area (Å²) in [5, 5.41) is 5.82. The number of hydrogen-bond donors (Lipinski definition) is 2. The summed E-state index contributed by atoms with van der Waals surface area (Å²) in [6.45, 7) is 3.77. The number of amides is 1. The summed E-state index contributed by atoms with van der Waals surface area (Å²) in [4.78, 5) is 16.1. The molecule has 5 heteroatoms. The number of carbonyl (C=O) groups is 1. The number of carbonyl (C=O) groups excluding carboxylic acids is 1. The molecule has 1 amide bonds. The van der Waals surface area contributed by atoms with Crippen molar-refractivity contribution in [1.29, 1.82) is 0 Å². The van der Waals surface area contributed by atoms with Gasteiger partial charge in [0.15, 0.2) is 0 Å². The molecule has 1 heterocycles. The van der Waals surface area contributed by atoms with Crippen molar-refractivity contribution in [2.75, 3.05) is 12.4 Å². The number of ether oxygens (including phenoxy) is 1. The lowest BCUT2D eigenvalue weighted by Gasteiger charge is -2.12. The van der Waals surface area contributed by atoms with Crippen molar-refractivity contribution < 1.29 is 9.53 Å². The van der Waals surface area contributed by atoms with Crippen molar-refractivity contribution in [1.82, 2.24) is 5.32 Å². The van der Waals surface area contributed by atoms with Gasteiger partial charge in [-0.05, 0) is 37.6 Å². The highest BCUT2D eigenvalue weighted by molar-refractivity contribution is 6.12. The molecule has 0 unspecified atom stereocenters. The van der Waals surface area contributed by atoms with Crippen molar-refractivity contribution in [2.24, 2.45) is 4.99 Å². The van der Waals surface area contributed by atoms with Crippen LogP contribution in [0.4, 0.5) is 5.69 Å². The maximum atomic E-state index is 11.7. The van der Waals surface area contributed by atoms with Crippen LogP contribution in [0.5, 0.6) is 5.75 Å². The standard InChI is InChI=1S/C13H17N3O2/c1-4-13(2)11(17)15-12(16-13)14-9-5-7-10(18-3)8-6-9/h5-8H,4H2,1-3H3,(H2,14,15,16,17)/t13-/m1/s1. The summed E-state index contributed by atoms with van der Waals surface area (Å²) >= 11 is 0. The van der Waals surface area contributed by atoms with E-state index < -0.39 is 5.54 Å². The number of rotatable bonds is 3. The van der Waals surface area contributed by atoms with Crippen molar-refractivity contribution in [3.8, 4) is 5.75 Å². The normalized spacial score (nSPS) is 22.4. The van der Waals surface area contributed by atoms with E-state index in [1.807, 2.05) is 38.1 Å². The minimum absolute atomic E-state index is 0.0685. The van der Waals surface area contributed by atoms with Gasteiger partial charge in [0.25, 0.3) is 5.91 Å². The van der Waals surface area contributed by atoms with Gasteiger partial charge in [0, 0.05) is 5.69 Å². The lowest BCUT2D eigenvalue weighted by molar-refractivity contribution is -0.123. The Morgan fingerprint density at radius 2 is 2.06 bits per heavy atom. The van der Waals surface area contributed by atoms with E-state index in [2.05, 4.69) is 15.6 Å². The Labute approximate surface area is 106 Å². The number of anilines is 1. The summed E-state index contributed by atoms with van der Waals surface area (Å²) in [6.07, 6.45) is 0.673. The highest BCUT2D eigenvalue weighted by Gasteiger charge is 2.37. The first-order valence-electron chi connectivity index (χ1n) is 5.90. The van der Waals surface area contributed by atoms with Crippen LogP contribution in [0.2, 0.25) is 0 Å². The fraction of sp³-hybridized carbons (Fsp3) is 0.385. The Kier molecular flexibility index (Phi) is 3.23. The zero-order valence-corrected chi connectivity index (χ0v) is 10.8. The summed E-state index contributed by atoms with van der Waals surface area (Å²) in [7, 11) is 1.62. The van der Waals surface area contributed by atoms with Crippen LogP contribution in [0.3, 0.4) is 0 Å². The lowest BCUT2D eigenvalue weighted by atomic mass is 10.0. The molecule has 0 bridgehead atoms. The van der Waals surface area contributed by atoms with Crippen LogP contribution in [-0.2, 0) is 4.79 Å². The van der Waals surface area contributed by atoms with Crippen molar-refractivity contribution in [3.63, 3.8) is 0 Å². The Bertz CT molecular complexity index is 482. The molecular formula is C13H17N3O2. The molecular weight excluding hydrogens is 230 g/mol. The molecule has 1 aliphatic rings. The average molecular weight is 247 g/mol. The molecule has 18 heavy (non-hydrogen) atoms. The van der Waals surface area contributed by atoms with Gasteiger partial charge in [-0.1, -0.05) is 6.92 Å². The number of methoxy groups -OCH3 is 1. The molecule has 0 saturated heterocycles. The van der Waals surface area contributed by atoms with E-state index in [-0.39, 0.29) is 5.91 Å². The van der Waals surface area contributed by atoms with Crippen molar-refractivity contribution in [3.05, 3.63) is 24.3 Å². The van der Waals surface area contributed by atoms with E-state index in [0.29, 0.717) is 12.4 Å². The first kappa shape index (κ1) is 12.4. The van der Waals surface area contributed by atoms with Gasteiger partial charge in [0.2, 0.25) is 5.96 Å². The second-order valence-corrected chi connectivity index (χ2v) is 4.40. The third-order valence-corrected chi connectivity index (χ3v) is 3.12. The minimum Gasteiger partial charge on any atom is -0.497 e. The molecule has 1 aromatic carbocycles. The summed E-state index contributed by atoms with van der Waals surface area (Å²) < 4.78 is 5.08. The quantitative estimate of drug-likeness (QED) is 0.855. The minimum atomic E-state index is -0.658. The van der Waals surface area contributed by atoms with Gasteiger partial charge >= 0.3 is 0 Å². The molecule has 0 saturated carbocycles. The molecule has 0 aromatic heterocycles. The van der Waals surface area contributed by atoms with Crippen LogP contribution < -0.4 is 15.4 Å². The third kappa shape index (κ3) is 2.30. The molecule has 1 aromatic rings. The average Bonchev–Trinajstić information content (AvgIpc) is 2.66. The first-order valence-corrected chi connectivity index (χ1v) is 5.90. The Morgan fingerprint density at radius 1 is 1.39 bits per heavy atom. The van der Waals surface area contributed by atoms with E-state index in [0.717, 1.165) is 11.4 Å². The van der Waals surface area contributed by atoms with Crippen LogP contribution in [0.15, 0.2) is 29.3 Å². The summed E-state index contributed by atoms with van der Waals surface area (Å²) in [5.41, 5.74) is 0.199. The molecule has 0 spiro atoms. The van der Waals surface area contributed by atoms with Gasteiger partial charge < -0.3 is 10.1 Å². The van der Waals surface area contributed by atoms with Crippen LogP contribution in [0, 0.1) is 0 Å². The van der Waals surface area contributed by atoms with E-state index >= 15 is 0 Å². The third-order valence-electron chi connectivity index (χ3n) is 3.12. The van der Waals surface area contributed by atoms with Crippen molar-refractivity contribution >= 4 is 17.6 Å². The molecule has 0 aliphatic carbocycles. The van der Waals surface area contributed by atoms with E-state index in [9.17, 15) is 4.79 Å². The molecule has 96 valence electrons. The molecule has 2 N–H and O–H groups in total. The van der Waals surface area contributed by atoms with Gasteiger partial charge in [-0.2, -0.15) is 0 Å². The Morgan fingerprint density at radius 3 is 2.56 bits per heavy atom. The van der Waals surface area contributed by atoms with E-state index in [4.69, 9.17) is 4.74 Å². The molecule has 2 rings (SSSR count). The zero-order chi connectivity index (χ0) is 13.2. The second-order valence-electron chi connectivity index (χ2n) is 4.40.